The van der Waals surface area contributed by atoms with E-state index < -0.39 is 0 Å². The molecule has 0 unspecified atom stereocenters. The van der Waals surface area contributed by atoms with Crippen molar-refractivity contribution in [2.24, 2.45) is 0 Å². The highest BCUT2D eigenvalue weighted by Gasteiger charge is 2.20. The first-order valence-corrected chi connectivity index (χ1v) is 6.35. The average molecular weight is 307 g/mol. The largest absolute Gasteiger partial charge is 0.473 e. The van der Waals surface area contributed by atoms with Crippen molar-refractivity contribution in [1.82, 2.24) is 14.9 Å². The third kappa shape index (κ3) is 2.84. The van der Waals surface area contributed by atoms with E-state index in [0.29, 0.717) is 15.5 Å². The van der Waals surface area contributed by atoms with Gasteiger partial charge in [0.25, 0.3) is 0 Å². The number of piperidine rings is 1. The molecular formula is C10H13BrClN3O. The lowest BCUT2D eigenvalue weighted by molar-refractivity contribution is 0.109. The molecule has 2 heterocycles. The number of hydrogen-bond acceptors (Lipinski definition) is 4. The molecule has 1 aromatic heterocycles. The summed E-state index contributed by atoms with van der Waals surface area (Å²) in [6.45, 7) is 2.11. The lowest BCUT2D eigenvalue weighted by Crippen LogP contribution is -2.35. The molecule has 1 aromatic rings. The second-order valence-electron chi connectivity index (χ2n) is 3.90. The molecule has 1 aliphatic rings. The molecule has 4 nitrogen and oxygen atoms in total. The topological polar surface area (TPSA) is 38.2 Å². The summed E-state index contributed by atoms with van der Waals surface area (Å²) < 4.78 is 6.44. The maximum absolute atomic E-state index is 5.87. The summed E-state index contributed by atoms with van der Waals surface area (Å²) in [5, 5.41) is 0.387. The maximum Gasteiger partial charge on any atom is 0.232 e. The van der Waals surface area contributed by atoms with Crippen molar-refractivity contribution in [2.75, 3.05) is 20.1 Å². The third-order valence-electron chi connectivity index (χ3n) is 2.66. The van der Waals surface area contributed by atoms with Gasteiger partial charge < -0.3 is 9.64 Å². The summed E-state index contributed by atoms with van der Waals surface area (Å²) in [6, 6.07) is 0. The van der Waals surface area contributed by atoms with Crippen LogP contribution < -0.4 is 4.74 Å². The minimum Gasteiger partial charge on any atom is -0.473 e. The predicted molar refractivity (Wildman–Crippen MR) is 65.9 cm³/mol. The van der Waals surface area contributed by atoms with Crippen LogP contribution in [-0.4, -0.2) is 41.1 Å². The first-order chi connectivity index (χ1) is 7.66. The Morgan fingerprint density at radius 2 is 2.12 bits per heavy atom. The molecule has 2 rings (SSSR count). The van der Waals surface area contributed by atoms with Crippen molar-refractivity contribution in [3.8, 4) is 5.88 Å². The van der Waals surface area contributed by atoms with Crippen molar-refractivity contribution in [3.05, 3.63) is 16.0 Å². The van der Waals surface area contributed by atoms with Crippen molar-refractivity contribution in [2.45, 2.75) is 18.9 Å². The van der Waals surface area contributed by atoms with Crippen LogP contribution in [0.1, 0.15) is 12.8 Å². The molecule has 0 saturated carbocycles. The number of ether oxygens (including phenoxy) is 1. The SMILES string of the molecule is CN1CCC(Oc2ncnc(Cl)c2Br)CC1. The van der Waals surface area contributed by atoms with Crippen LogP contribution in [0.3, 0.4) is 0 Å². The Morgan fingerprint density at radius 1 is 1.44 bits per heavy atom. The van der Waals surface area contributed by atoms with Crippen LogP contribution >= 0.6 is 27.5 Å². The first kappa shape index (κ1) is 12.1. The molecular weight excluding hydrogens is 293 g/mol. The summed E-state index contributed by atoms with van der Waals surface area (Å²) in [5.74, 6) is 0.537. The van der Waals surface area contributed by atoms with Crippen LogP contribution in [0.5, 0.6) is 5.88 Å². The fraction of sp³-hybridized carbons (Fsp3) is 0.600. The highest BCUT2D eigenvalue weighted by Crippen LogP contribution is 2.29. The predicted octanol–water partition coefficient (Wildman–Crippen LogP) is 2.37. The molecule has 1 aliphatic heterocycles. The quantitative estimate of drug-likeness (QED) is 0.786. The lowest BCUT2D eigenvalue weighted by atomic mass is 10.1. The fourth-order valence-electron chi connectivity index (χ4n) is 1.68. The van der Waals surface area contributed by atoms with Crippen molar-refractivity contribution >= 4 is 27.5 Å². The zero-order chi connectivity index (χ0) is 11.5. The molecule has 16 heavy (non-hydrogen) atoms. The number of halogens is 2. The Kier molecular flexibility index (Phi) is 4.00. The molecule has 1 saturated heterocycles. The monoisotopic (exact) mass is 305 g/mol. The van der Waals surface area contributed by atoms with Gasteiger partial charge in [-0.2, -0.15) is 0 Å². The van der Waals surface area contributed by atoms with Crippen molar-refractivity contribution in [3.63, 3.8) is 0 Å². The Hall–Kier alpha value is -0.390. The van der Waals surface area contributed by atoms with E-state index in [1.54, 1.807) is 0 Å². The molecule has 0 atom stereocenters. The number of rotatable bonds is 2. The molecule has 0 amide bonds. The van der Waals surface area contributed by atoms with Crippen LogP contribution in [-0.2, 0) is 0 Å². The van der Waals surface area contributed by atoms with E-state index in [4.69, 9.17) is 16.3 Å². The normalized spacial score (nSPS) is 18.7. The zero-order valence-electron chi connectivity index (χ0n) is 8.99. The van der Waals surface area contributed by atoms with Crippen molar-refractivity contribution < 1.29 is 4.74 Å². The van der Waals surface area contributed by atoms with E-state index in [1.165, 1.54) is 6.33 Å². The molecule has 0 aromatic carbocycles. The minimum absolute atomic E-state index is 0.221. The highest BCUT2D eigenvalue weighted by molar-refractivity contribution is 9.10. The van der Waals surface area contributed by atoms with Gasteiger partial charge >= 0.3 is 0 Å². The second kappa shape index (κ2) is 5.29. The van der Waals surface area contributed by atoms with E-state index >= 15 is 0 Å². The molecule has 1 fully saturated rings. The van der Waals surface area contributed by atoms with Gasteiger partial charge in [0, 0.05) is 13.1 Å². The van der Waals surface area contributed by atoms with Gasteiger partial charge in [0.2, 0.25) is 5.88 Å². The fourth-order valence-corrected chi connectivity index (χ4v) is 2.10. The van der Waals surface area contributed by atoms with E-state index in [-0.39, 0.29) is 6.10 Å². The first-order valence-electron chi connectivity index (χ1n) is 5.18. The average Bonchev–Trinajstić information content (AvgIpc) is 2.28. The summed E-state index contributed by atoms with van der Waals surface area (Å²) in [7, 11) is 2.12. The Bertz CT molecular complexity index is 369. The van der Waals surface area contributed by atoms with E-state index in [0.717, 1.165) is 25.9 Å². The summed E-state index contributed by atoms with van der Waals surface area (Å²) in [4.78, 5) is 10.2. The standard InChI is InChI=1S/C10H13BrClN3O/c1-15-4-2-7(3-5-15)16-10-8(11)9(12)13-6-14-10/h6-7H,2-5H2,1H3. The van der Waals surface area contributed by atoms with Gasteiger partial charge in [-0.1, -0.05) is 11.6 Å². The van der Waals surface area contributed by atoms with Gasteiger partial charge in [0.1, 0.15) is 16.9 Å². The lowest BCUT2D eigenvalue weighted by Gasteiger charge is -2.29. The van der Waals surface area contributed by atoms with Crippen LogP contribution in [0.2, 0.25) is 5.15 Å². The van der Waals surface area contributed by atoms with E-state index in [2.05, 4.69) is 37.8 Å². The minimum atomic E-state index is 0.221. The van der Waals surface area contributed by atoms with E-state index in [1.807, 2.05) is 0 Å². The van der Waals surface area contributed by atoms with Crippen LogP contribution in [0, 0.1) is 0 Å². The number of nitrogens with zero attached hydrogens (tertiary/aromatic N) is 3. The number of aromatic nitrogens is 2. The number of hydrogen-bond donors (Lipinski definition) is 0. The van der Waals surface area contributed by atoms with Gasteiger partial charge in [-0.15, -0.1) is 0 Å². The Morgan fingerprint density at radius 3 is 2.81 bits per heavy atom. The van der Waals surface area contributed by atoms with Crippen LogP contribution in [0.15, 0.2) is 10.8 Å². The smallest absolute Gasteiger partial charge is 0.232 e. The highest BCUT2D eigenvalue weighted by atomic mass is 79.9. The molecule has 0 bridgehead atoms. The summed E-state index contributed by atoms with van der Waals surface area (Å²) >= 11 is 9.19. The van der Waals surface area contributed by atoms with Crippen LogP contribution in [0.4, 0.5) is 0 Å². The van der Waals surface area contributed by atoms with Crippen LogP contribution in [0.25, 0.3) is 0 Å². The Labute approximate surface area is 108 Å². The van der Waals surface area contributed by atoms with Gasteiger partial charge in [-0.05, 0) is 35.8 Å². The van der Waals surface area contributed by atoms with Gasteiger partial charge in [-0.3, -0.25) is 0 Å². The molecule has 0 N–H and O–H groups in total. The second-order valence-corrected chi connectivity index (χ2v) is 5.06. The summed E-state index contributed by atoms with van der Waals surface area (Å²) in [5.41, 5.74) is 0. The molecule has 88 valence electrons. The molecule has 0 radical (unpaired) electrons. The van der Waals surface area contributed by atoms with Crippen molar-refractivity contribution in [1.29, 1.82) is 0 Å². The molecule has 6 heteroatoms. The maximum atomic E-state index is 5.87. The van der Waals surface area contributed by atoms with Gasteiger partial charge in [-0.25, -0.2) is 9.97 Å². The summed E-state index contributed by atoms with van der Waals surface area (Å²) in [6.07, 6.45) is 3.67. The van der Waals surface area contributed by atoms with E-state index in [9.17, 15) is 0 Å². The Balaban J connectivity index is 2.01. The zero-order valence-corrected chi connectivity index (χ0v) is 11.3. The number of likely N-dealkylation sites (tertiary alicyclic amines) is 1. The molecule has 0 spiro atoms. The third-order valence-corrected chi connectivity index (χ3v) is 3.89. The van der Waals surface area contributed by atoms with Gasteiger partial charge in [0.15, 0.2) is 5.15 Å². The molecule has 0 aliphatic carbocycles. The van der Waals surface area contributed by atoms with Gasteiger partial charge in [0.05, 0.1) is 0 Å².